The number of nitrogens with one attached hydrogen (secondary N) is 1. The van der Waals surface area contributed by atoms with Gasteiger partial charge in [-0.25, -0.2) is 8.42 Å². The molecule has 3 aromatic carbocycles. The Morgan fingerprint density at radius 2 is 1.59 bits per heavy atom. The van der Waals surface area contributed by atoms with Crippen LogP contribution < -0.4 is 9.62 Å². The third-order valence-corrected chi connectivity index (χ3v) is 9.09. The van der Waals surface area contributed by atoms with Crippen molar-refractivity contribution in [2.45, 2.75) is 64.6 Å². The summed E-state index contributed by atoms with van der Waals surface area (Å²) in [5.41, 5.74) is 4.03. The number of hydrogen-bond acceptors (Lipinski definition) is 4. The summed E-state index contributed by atoms with van der Waals surface area (Å²) in [4.78, 5) is 29.6. The summed E-state index contributed by atoms with van der Waals surface area (Å²) in [6.45, 7) is 3.53. The molecule has 1 aliphatic rings. The Morgan fingerprint density at radius 1 is 0.927 bits per heavy atom. The highest BCUT2D eigenvalue weighted by molar-refractivity contribution is 7.92. The number of anilines is 1. The number of carbonyl (C=O) groups excluding carboxylic acids is 2. The largest absolute Gasteiger partial charge is 0.352 e. The maximum absolute atomic E-state index is 14.2. The van der Waals surface area contributed by atoms with Crippen molar-refractivity contribution in [1.82, 2.24) is 10.2 Å². The highest BCUT2D eigenvalue weighted by atomic mass is 35.5. The fourth-order valence-corrected chi connectivity index (χ4v) is 6.17. The third-order valence-electron chi connectivity index (χ3n) is 7.70. The Kier molecular flexibility index (Phi) is 10.1. The first-order valence-corrected chi connectivity index (χ1v) is 16.2. The summed E-state index contributed by atoms with van der Waals surface area (Å²) >= 11 is 6.12. The van der Waals surface area contributed by atoms with E-state index in [1.807, 2.05) is 62.4 Å². The van der Waals surface area contributed by atoms with Gasteiger partial charge in [-0.3, -0.25) is 13.9 Å². The van der Waals surface area contributed by atoms with Gasteiger partial charge in [0, 0.05) is 24.0 Å². The summed E-state index contributed by atoms with van der Waals surface area (Å²) in [6.07, 6.45) is 5.31. The molecule has 0 spiro atoms. The van der Waals surface area contributed by atoms with Gasteiger partial charge in [-0.2, -0.15) is 0 Å². The molecule has 2 amide bonds. The Balaban J connectivity index is 1.72. The predicted molar refractivity (Wildman–Crippen MR) is 164 cm³/mol. The van der Waals surface area contributed by atoms with Crippen molar-refractivity contribution in [3.8, 4) is 0 Å². The van der Waals surface area contributed by atoms with E-state index in [9.17, 15) is 18.0 Å². The minimum atomic E-state index is -3.81. The summed E-state index contributed by atoms with van der Waals surface area (Å²) in [7, 11) is -3.81. The minimum absolute atomic E-state index is 0.0660. The zero-order valence-corrected chi connectivity index (χ0v) is 25.4. The van der Waals surface area contributed by atoms with Gasteiger partial charge in [0.15, 0.2) is 0 Å². The third kappa shape index (κ3) is 8.33. The van der Waals surface area contributed by atoms with Gasteiger partial charge in [0.2, 0.25) is 21.8 Å². The normalized spacial score (nSPS) is 14.4. The van der Waals surface area contributed by atoms with Crippen LogP contribution in [0.25, 0.3) is 0 Å². The molecule has 1 atom stereocenters. The molecule has 0 aliphatic heterocycles. The first-order valence-electron chi connectivity index (χ1n) is 13.9. The molecule has 9 heteroatoms. The molecule has 0 radical (unpaired) electrons. The van der Waals surface area contributed by atoms with Gasteiger partial charge < -0.3 is 10.2 Å². The molecular formula is C32H38ClN3O4S. The lowest BCUT2D eigenvalue weighted by atomic mass is 10.0. The molecule has 3 aromatic rings. The maximum Gasteiger partial charge on any atom is 0.244 e. The maximum atomic E-state index is 14.2. The molecule has 4 rings (SSSR count). The number of nitrogens with zero attached hydrogens (tertiary/aromatic N) is 2. The van der Waals surface area contributed by atoms with E-state index in [0.29, 0.717) is 17.1 Å². The first kappa shape index (κ1) is 30.6. The summed E-state index contributed by atoms with van der Waals surface area (Å²) in [6, 6.07) is 21.2. The number of sulfonamides is 1. The number of benzene rings is 3. The Bertz CT molecular complexity index is 1460. The monoisotopic (exact) mass is 595 g/mol. The number of rotatable bonds is 11. The van der Waals surface area contributed by atoms with E-state index in [1.165, 1.54) is 4.90 Å². The molecule has 0 unspecified atom stereocenters. The van der Waals surface area contributed by atoms with Crippen LogP contribution in [0, 0.1) is 13.8 Å². The van der Waals surface area contributed by atoms with Gasteiger partial charge in [-0.15, -0.1) is 0 Å². The van der Waals surface area contributed by atoms with Crippen LogP contribution in [0.15, 0.2) is 72.8 Å². The van der Waals surface area contributed by atoms with Gasteiger partial charge in [0.1, 0.15) is 12.6 Å². The van der Waals surface area contributed by atoms with Gasteiger partial charge in [0.25, 0.3) is 0 Å². The molecule has 1 N–H and O–H groups in total. The second-order valence-corrected chi connectivity index (χ2v) is 13.2. The van der Waals surface area contributed by atoms with E-state index in [2.05, 4.69) is 5.32 Å². The quantitative estimate of drug-likeness (QED) is 0.321. The molecule has 1 fully saturated rings. The number of aryl methyl sites for hydroxylation is 2. The highest BCUT2D eigenvalue weighted by Gasteiger charge is 2.34. The summed E-state index contributed by atoms with van der Waals surface area (Å²) in [5, 5.41) is 3.73. The van der Waals surface area contributed by atoms with Gasteiger partial charge in [-0.1, -0.05) is 73.0 Å². The smallest absolute Gasteiger partial charge is 0.244 e. The predicted octanol–water partition coefficient (Wildman–Crippen LogP) is 5.42. The van der Waals surface area contributed by atoms with E-state index < -0.39 is 28.5 Å². The van der Waals surface area contributed by atoms with Crippen LogP contribution in [0.1, 0.15) is 47.9 Å². The number of amides is 2. The molecule has 41 heavy (non-hydrogen) atoms. The van der Waals surface area contributed by atoms with Crippen LogP contribution in [0.4, 0.5) is 5.69 Å². The topological polar surface area (TPSA) is 86.8 Å². The van der Waals surface area contributed by atoms with E-state index in [-0.39, 0.29) is 18.5 Å². The second-order valence-electron chi connectivity index (χ2n) is 10.9. The van der Waals surface area contributed by atoms with Crippen LogP contribution in [0.2, 0.25) is 5.02 Å². The van der Waals surface area contributed by atoms with Gasteiger partial charge in [-0.05, 0) is 73.2 Å². The number of carbonyl (C=O) groups is 2. The lowest BCUT2D eigenvalue weighted by Crippen LogP contribution is -2.54. The van der Waals surface area contributed by atoms with Crippen molar-refractivity contribution < 1.29 is 18.0 Å². The number of hydrogen-bond donors (Lipinski definition) is 1. The van der Waals surface area contributed by atoms with E-state index in [1.54, 1.807) is 24.3 Å². The van der Waals surface area contributed by atoms with Crippen LogP contribution in [-0.2, 0) is 32.6 Å². The Morgan fingerprint density at radius 3 is 2.20 bits per heavy atom. The van der Waals surface area contributed by atoms with Crippen molar-refractivity contribution in [1.29, 1.82) is 0 Å². The zero-order valence-electron chi connectivity index (χ0n) is 23.8. The molecule has 1 saturated carbocycles. The fraction of sp³-hybridized carbons (Fsp3) is 0.375. The number of halogens is 1. The standard InChI is InChI=1S/C32H38ClN3O4S/c1-23-13-18-29(19-24(23)2)36(41(3,39)40)22-31(37)35(21-26-14-16-27(33)17-15-26)30(20-25-9-5-4-6-10-25)32(38)34-28-11-7-8-12-28/h4-6,9-10,13-19,28,30H,7-8,11-12,20-22H2,1-3H3,(H,34,38)/t30-/m0/s1. The average Bonchev–Trinajstić information content (AvgIpc) is 3.45. The van der Waals surface area contributed by atoms with Crippen molar-refractivity contribution >= 4 is 39.1 Å². The van der Waals surface area contributed by atoms with E-state index in [0.717, 1.165) is 58.5 Å². The summed E-state index contributed by atoms with van der Waals surface area (Å²) in [5.74, 6) is -0.703. The van der Waals surface area contributed by atoms with Gasteiger partial charge in [0.05, 0.1) is 11.9 Å². The second kappa shape index (κ2) is 13.5. The fourth-order valence-electron chi connectivity index (χ4n) is 5.20. The van der Waals surface area contributed by atoms with Crippen LogP contribution in [0.3, 0.4) is 0 Å². The van der Waals surface area contributed by atoms with E-state index in [4.69, 9.17) is 11.6 Å². The molecular weight excluding hydrogens is 558 g/mol. The van der Waals surface area contributed by atoms with Crippen molar-refractivity contribution in [2.75, 3.05) is 17.1 Å². The lowest BCUT2D eigenvalue weighted by molar-refractivity contribution is -0.140. The molecule has 218 valence electrons. The molecule has 0 bridgehead atoms. The van der Waals surface area contributed by atoms with Crippen molar-refractivity contribution in [2.24, 2.45) is 0 Å². The van der Waals surface area contributed by atoms with Crippen LogP contribution in [-0.4, -0.2) is 50.0 Å². The molecule has 7 nitrogen and oxygen atoms in total. The van der Waals surface area contributed by atoms with Crippen molar-refractivity contribution in [3.63, 3.8) is 0 Å². The molecule has 0 heterocycles. The SMILES string of the molecule is Cc1ccc(N(CC(=O)N(Cc2ccc(Cl)cc2)[C@@H](Cc2ccccc2)C(=O)NC2CCCC2)S(C)(=O)=O)cc1C. The molecule has 0 saturated heterocycles. The lowest BCUT2D eigenvalue weighted by Gasteiger charge is -2.34. The highest BCUT2D eigenvalue weighted by Crippen LogP contribution is 2.24. The van der Waals surface area contributed by atoms with Crippen LogP contribution in [0.5, 0.6) is 0 Å². The van der Waals surface area contributed by atoms with Gasteiger partial charge >= 0.3 is 0 Å². The minimum Gasteiger partial charge on any atom is -0.352 e. The molecule has 1 aliphatic carbocycles. The van der Waals surface area contributed by atoms with Crippen molar-refractivity contribution in [3.05, 3.63) is 100 Å². The zero-order chi connectivity index (χ0) is 29.6. The first-order chi connectivity index (χ1) is 19.5. The van der Waals surface area contributed by atoms with E-state index >= 15 is 0 Å². The summed E-state index contributed by atoms with van der Waals surface area (Å²) < 4.78 is 27.1. The Hall–Kier alpha value is -3.36. The molecule has 0 aromatic heterocycles. The average molecular weight is 596 g/mol. The van der Waals surface area contributed by atoms with Crippen LogP contribution >= 0.6 is 11.6 Å². The Labute approximate surface area is 248 Å².